The van der Waals surface area contributed by atoms with E-state index in [1.807, 2.05) is 13.0 Å². The van der Waals surface area contributed by atoms with E-state index in [0.717, 1.165) is 24.3 Å². The number of thiophene rings is 1. The maximum absolute atomic E-state index is 12.9. The fourth-order valence-corrected chi connectivity index (χ4v) is 7.06. The molecule has 2 fully saturated rings. The summed E-state index contributed by atoms with van der Waals surface area (Å²) < 4.78 is 27.7. The molecule has 162 valence electrons. The summed E-state index contributed by atoms with van der Waals surface area (Å²) in [6.07, 6.45) is 6.69. The molecule has 0 radical (unpaired) electrons. The molecule has 30 heavy (non-hydrogen) atoms. The van der Waals surface area contributed by atoms with Crippen molar-refractivity contribution < 1.29 is 13.2 Å². The Hall–Kier alpha value is -2.04. The molecule has 0 spiro atoms. The van der Waals surface area contributed by atoms with Crippen LogP contribution < -0.4 is 10.2 Å². The Morgan fingerprint density at radius 2 is 1.90 bits per heavy atom. The van der Waals surface area contributed by atoms with Crippen LogP contribution in [0.1, 0.15) is 30.6 Å². The molecule has 1 N–H and O–H groups in total. The highest BCUT2D eigenvalue weighted by molar-refractivity contribution is 7.91. The minimum atomic E-state index is -3.54. The van der Waals surface area contributed by atoms with Crippen molar-refractivity contribution in [1.29, 1.82) is 0 Å². The molecule has 0 aromatic carbocycles. The number of nitrogens with one attached hydrogen (secondary N) is 1. The first-order valence-electron chi connectivity index (χ1n) is 10.3. The summed E-state index contributed by atoms with van der Waals surface area (Å²) >= 11 is 1.28. The van der Waals surface area contributed by atoms with Gasteiger partial charge in [0.25, 0.3) is 10.0 Å². The number of aryl methyl sites for hydroxylation is 1. The van der Waals surface area contributed by atoms with E-state index >= 15 is 0 Å². The Morgan fingerprint density at radius 3 is 2.63 bits per heavy atom. The SMILES string of the molecule is Cc1ccc(S(=O)(=O)N2CCCC(C(=O)NC3CCCN(c4ncccn4)C3)C2)s1. The van der Waals surface area contributed by atoms with Crippen molar-refractivity contribution in [3.63, 3.8) is 0 Å². The lowest BCUT2D eigenvalue weighted by atomic mass is 9.97. The molecule has 1 amide bonds. The van der Waals surface area contributed by atoms with Crippen molar-refractivity contribution in [3.8, 4) is 0 Å². The summed E-state index contributed by atoms with van der Waals surface area (Å²) in [5, 5.41) is 3.15. The van der Waals surface area contributed by atoms with Gasteiger partial charge in [0.15, 0.2) is 0 Å². The summed E-state index contributed by atoms with van der Waals surface area (Å²) in [6.45, 7) is 4.13. The number of carbonyl (C=O) groups excluding carboxylic acids is 1. The Kier molecular flexibility index (Phi) is 6.35. The summed E-state index contributed by atoms with van der Waals surface area (Å²) in [4.78, 5) is 24.6. The zero-order valence-electron chi connectivity index (χ0n) is 17.0. The highest BCUT2D eigenvalue weighted by Crippen LogP contribution is 2.28. The van der Waals surface area contributed by atoms with Gasteiger partial charge < -0.3 is 10.2 Å². The van der Waals surface area contributed by atoms with E-state index in [4.69, 9.17) is 0 Å². The van der Waals surface area contributed by atoms with Gasteiger partial charge in [-0.05, 0) is 50.8 Å². The number of rotatable bonds is 5. The molecule has 2 aromatic rings. The molecule has 0 aliphatic carbocycles. The van der Waals surface area contributed by atoms with Crippen molar-refractivity contribution in [2.75, 3.05) is 31.1 Å². The van der Waals surface area contributed by atoms with Gasteiger partial charge in [0, 0.05) is 49.5 Å². The largest absolute Gasteiger partial charge is 0.351 e. The number of hydrogen-bond acceptors (Lipinski definition) is 7. The molecule has 2 unspecified atom stereocenters. The number of carbonyl (C=O) groups is 1. The number of hydrogen-bond donors (Lipinski definition) is 1. The standard InChI is InChI=1S/C20H27N5O3S2/c1-15-7-8-18(29-15)30(27,28)25-12-2-5-16(13-25)19(26)23-17-6-3-11-24(14-17)20-21-9-4-10-22-20/h4,7-10,16-17H,2-3,5-6,11-14H2,1H3,(H,23,26). The molecule has 2 atom stereocenters. The molecular weight excluding hydrogens is 422 g/mol. The summed E-state index contributed by atoms with van der Waals surface area (Å²) in [5.41, 5.74) is 0. The average Bonchev–Trinajstić information content (AvgIpc) is 3.22. The van der Waals surface area contributed by atoms with E-state index in [0.29, 0.717) is 36.1 Å². The van der Waals surface area contributed by atoms with Crippen LogP contribution in [0.4, 0.5) is 5.95 Å². The lowest BCUT2D eigenvalue weighted by molar-refractivity contribution is -0.126. The number of aromatic nitrogens is 2. The van der Waals surface area contributed by atoms with Crippen molar-refractivity contribution >= 4 is 33.2 Å². The van der Waals surface area contributed by atoms with Crippen LogP contribution >= 0.6 is 11.3 Å². The number of nitrogens with zero attached hydrogens (tertiary/aromatic N) is 4. The minimum absolute atomic E-state index is 0.0157. The van der Waals surface area contributed by atoms with Crippen LogP contribution in [0.15, 0.2) is 34.8 Å². The lowest BCUT2D eigenvalue weighted by Crippen LogP contribution is -2.52. The van der Waals surface area contributed by atoms with Gasteiger partial charge >= 0.3 is 0 Å². The quantitative estimate of drug-likeness (QED) is 0.751. The third kappa shape index (κ3) is 4.65. The van der Waals surface area contributed by atoms with Crippen molar-refractivity contribution in [3.05, 3.63) is 35.5 Å². The first-order chi connectivity index (χ1) is 14.4. The van der Waals surface area contributed by atoms with E-state index in [1.165, 1.54) is 15.6 Å². The van der Waals surface area contributed by atoms with Crippen LogP contribution in [0.2, 0.25) is 0 Å². The van der Waals surface area contributed by atoms with Gasteiger partial charge in [-0.1, -0.05) is 0 Å². The topological polar surface area (TPSA) is 95.5 Å². The van der Waals surface area contributed by atoms with Gasteiger partial charge in [0.05, 0.1) is 5.92 Å². The maximum atomic E-state index is 12.9. The Labute approximate surface area is 181 Å². The van der Waals surface area contributed by atoms with Gasteiger partial charge in [0.2, 0.25) is 11.9 Å². The van der Waals surface area contributed by atoms with Crippen molar-refractivity contribution in [2.24, 2.45) is 5.92 Å². The predicted octanol–water partition coefficient (Wildman–Crippen LogP) is 2.03. The van der Waals surface area contributed by atoms with Gasteiger partial charge in [-0.2, -0.15) is 4.31 Å². The number of anilines is 1. The third-order valence-electron chi connectivity index (χ3n) is 5.67. The zero-order valence-corrected chi connectivity index (χ0v) is 18.7. The molecule has 10 heteroatoms. The summed E-state index contributed by atoms with van der Waals surface area (Å²) in [7, 11) is -3.54. The molecule has 2 saturated heterocycles. The summed E-state index contributed by atoms with van der Waals surface area (Å²) in [6, 6.07) is 5.27. The van der Waals surface area contributed by atoms with Crippen LogP contribution in [0.25, 0.3) is 0 Å². The molecule has 2 aliphatic heterocycles. The molecule has 2 aromatic heterocycles. The zero-order chi connectivity index (χ0) is 21.1. The Bertz CT molecular complexity index is 979. The van der Waals surface area contributed by atoms with E-state index in [9.17, 15) is 13.2 Å². The average molecular weight is 450 g/mol. The third-order valence-corrected chi connectivity index (χ3v) is 9.00. The van der Waals surface area contributed by atoms with Crippen molar-refractivity contribution in [1.82, 2.24) is 19.6 Å². The van der Waals surface area contributed by atoms with E-state index in [-0.39, 0.29) is 24.4 Å². The molecule has 0 bridgehead atoms. The molecule has 4 rings (SSSR count). The van der Waals surface area contributed by atoms with E-state index in [1.54, 1.807) is 24.5 Å². The fraction of sp³-hybridized carbons (Fsp3) is 0.550. The van der Waals surface area contributed by atoms with E-state index in [2.05, 4.69) is 20.2 Å². The van der Waals surface area contributed by atoms with Gasteiger partial charge in [-0.15, -0.1) is 11.3 Å². The second-order valence-electron chi connectivity index (χ2n) is 7.91. The Balaban J connectivity index is 1.37. The summed E-state index contributed by atoms with van der Waals surface area (Å²) in [5.74, 6) is 0.300. The van der Waals surface area contributed by atoms with Crippen LogP contribution in [-0.4, -0.2) is 60.8 Å². The first-order valence-corrected chi connectivity index (χ1v) is 12.6. The predicted molar refractivity (Wildman–Crippen MR) is 116 cm³/mol. The normalized spacial score (nSPS) is 23.3. The van der Waals surface area contributed by atoms with Gasteiger partial charge in [-0.25, -0.2) is 18.4 Å². The first kappa shape index (κ1) is 21.2. The van der Waals surface area contributed by atoms with Crippen LogP contribution in [0.5, 0.6) is 0 Å². The number of piperidine rings is 2. The fourth-order valence-electron chi connectivity index (χ4n) is 4.10. The highest BCUT2D eigenvalue weighted by atomic mass is 32.2. The molecular formula is C20H27N5O3S2. The molecule has 0 saturated carbocycles. The maximum Gasteiger partial charge on any atom is 0.252 e. The number of sulfonamides is 1. The molecule has 2 aliphatic rings. The minimum Gasteiger partial charge on any atom is -0.351 e. The number of amides is 1. The lowest BCUT2D eigenvalue weighted by Gasteiger charge is -2.35. The second kappa shape index (κ2) is 8.99. The van der Waals surface area contributed by atoms with Crippen LogP contribution in [0.3, 0.4) is 0 Å². The molecule has 4 heterocycles. The van der Waals surface area contributed by atoms with Gasteiger partial charge in [0.1, 0.15) is 4.21 Å². The van der Waals surface area contributed by atoms with Crippen LogP contribution in [0, 0.1) is 12.8 Å². The van der Waals surface area contributed by atoms with Gasteiger partial charge in [-0.3, -0.25) is 4.79 Å². The van der Waals surface area contributed by atoms with E-state index < -0.39 is 10.0 Å². The monoisotopic (exact) mass is 449 g/mol. The highest BCUT2D eigenvalue weighted by Gasteiger charge is 2.35. The van der Waals surface area contributed by atoms with Crippen LogP contribution in [-0.2, 0) is 14.8 Å². The second-order valence-corrected chi connectivity index (χ2v) is 11.4. The smallest absolute Gasteiger partial charge is 0.252 e. The van der Waals surface area contributed by atoms with Crippen molar-refractivity contribution in [2.45, 2.75) is 42.9 Å². The molecule has 8 nitrogen and oxygen atoms in total. The Morgan fingerprint density at radius 1 is 1.13 bits per heavy atom.